The number of carbonyl (C=O) groups is 1. The van der Waals surface area contributed by atoms with Crippen molar-refractivity contribution in [1.29, 1.82) is 5.26 Å². The lowest BCUT2D eigenvalue weighted by Gasteiger charge is -2.23. The minimum Gasteiger partial charge on any atom is -0.383 e. The van der Waals surface area contributed by atoms with Gasteiger partial charge in [0.2, 0.25) is 23.1 Å². The highest BCUT2D eigenvalue weighted by atomic mass is 35.5. The molecule has 1 amide bonds. The minimum absolute atomic E-state index is 0.0000204. The molecular weight excluding hydrogens is 1520 g/mol. The Balaban J connectivity index is 0.000000129. The molecular formula is C75H70Cl5F3N22O5. The van der Waals surface area contributed by atoms with Crippen molar-refractivity contribution in [3.05, 3.63) is 228 Å². The summed E-state index contributed by atoms with van der Waals surface area (Å²) < 4.78 is 47.1. The first kappa shape index (κ1) is 76.8. The fourth-order valence-corrected chi connectivity index (χ4v) is 14.5. The fourth-order valence-electron chi connectivity index (χ4n) is 13.2. The third-order valence-electron chi connectivity index (χ3n) is 18.9. The predicted octanol–water partition coefficient (Wildman–Crippen LogP) is 14.8. The van der Waals surface area contributed by atoms with Gasteiger partial charge in [-0.15, -0.1) is 0 Å². The van der Waals surface area contributed by atoms with Crippen LogP contribution in [0.15, 0.2) is 141 Å². The van der Waals surface area contributed by atoms with E-state index < -0.39 is 29.5 Å². The van der Waals surface area contributed by atoms with E-state index in [1.54, 1.807) is 64.6 Å². The van der Waals surface area contributed by atoms with E-state index in [9.17, 15) is 42.4 Å². The molecule has 0 bridgehead atoms. The summed E-state index contributed by atoms with van der Waals surface area (Å²) in [6.45, 7) is 7.44. The van der Waals surface area contributed by atoms with Crippen LogP contribution in [-0.2, 0) is 6.18 Å². The number of halogens is 8. The van der Waals surface area contributed by atoms with Crippen molar-refractivity contribution >= 4 is 154 Å². The monoisotopic (exact) mass is 1590 g/mol. The van der Waals surface area contributed by atoms with Crippen LogP contribution in [0.4, 0.5) is 60.1 Å². The summed E-state index contributed by atoms with van der Waals surface area (Å²) in [5.74, 6) is 0.0846. The number of primary amides is 1. The van der Waals surface area contributed by atoms with Gasteiger partial charge in [-0.3, -0.25) is 24.0 Å². The summed E-state index contributed by atoms with van der Waals surface area (Å²) in [4.78, 5) is 95.3. The van der Waals surface area contributed by atoms with E-state index in [-0.39, 0.29) is 105 Å². The number of alkyl halides is 3. The van der Waals surface area contributed by atoms with Crippen LogP contribution in [0.3, 0.4) is 0 Å². The molecule has 566 valence electrons. The normalized spacial score (nSPS) is 15.0. The first-order chi connectivity index (χ1) is 52.5. The zero-order chi connectivity index (χ0) is 78.5. The first-order valence-corrected chi connectivity index (χ1v) is 36.7. The van der Waals surface area contributed by atoms with Crippen molar-refractivity contribution in [2.75, 3.05) is 44.2 Å². The van der Waals surface area contributed by atoms with Gasteiger partial charge in [-0.25, -0.2) is 24.9 Å². The van der Waals surface area contributed by atoms with Gasteiger partial charge in [-0.2, -0.15) is 33.4 Å². The predicted molar refractivity (Wildman–Crippen MR) is 423 cm³/mol. The number of nitrogens with one attached hydrogen (secondary N) is 4. The quantitative estimate of drug-likeness (QED) is 0.0382. The summed E-state index contributed by atoms with van der Waals surface area (Å²) in [6, 6.07) is 31.8. The van der Waals surface area contributed by atoms with Crippen molar-refractivity contribution in [2.45, 2.75) is 134 Å². The molecule has 0 radical (unpaired) electrons. The number of carbonyl (C=O) groups excluding carboxylic acids is 1. The van der Waals surface area contributed by atoms with E-state index >= 15 is 0 Å². The number of aromatic nitrogens is 12. The SMILES string of the molecule is C[C@H](Nc1cc(N)nc(Cl)n1)c1cc2cccc(Cl)c2c(=O)n1C1CC1.C[C@H](Nc1nc(N)ncc1C#N)c1cc2cccc(Cl)c2c(=O)n1C1CC1.C[C@H](Nc1nc(N)ncc1C(F)(F)F)c1cc2cccc(Cl)c2c(=O)n1C1CC1.C[C@H](Nc1nc(N)ncc1C(N)=O)c1cc2cccc(Cl)c2c(=O)n1C1CC1. The number of benzene rings is 4. The zero-order valence-corrected chi connectivity index (χ0v) is 62.9. The van der Waals surface area contributed by atoms with Gasteiger partial charge in [0, 0.05) is 65.4 Å². The third kappa shape index (κ3) is 16.5. The highest BCUT2D eigenvalue weighted by Gasteiger charge is 2.38. The van der Waals surface area contributed by atoms with E-state index in [0.717, 1.165) is 84.6 Å². The zero-order valence-electron chi connectivity index (χ0n) is 59.1. The van der Waals surface area contributed by atoms with E-state index in [1.165, 1.54) is 12.4 Å². The number of nitrogens with zero attached hydrogens (tertiary/aromatic N) is 13. The average Bonchev–Trinajstić information content (AvgIpc) is 1.55. The molecule has 8 aromatic heterocycles. The Kier molecular flexibility index (Phi) is 21.9. The van der Waals surface area contributed by atoms with E-state index in [1.807, 2.05) is 90.6 Å². The molecule has 12 aromatic rings. The van der Waals surface area contributed by atoms with Gasteiger partial charge in [0.25, 0.3) is 28.1 Å². The van der Waals surface area contributed by atoms with Crippen LogP contribution in [0.2, 0.25) is 25.4 Å². The van der Waals surface area contributed by atoms with Gasteiger partial charge in [0.05, 0.1) is 77.6 Å². The van der Waals surface area contributed by atoms with Gasteiger partial charge in [-0.1, -0.05) is 94.9 Å². The van der Waals surface area contributed by atoms with Crippen molar-refractivity contribution < 1.29 is 18.0 Å². The average molecular weight is 1590 g/mol. The van der Waals surface area contributed by atoms with Crippen LogP contribution in [0, 0.1) is 11.3 Å². The number of hydrogen-bond acceptors (Lipinski definition) is 22. The Labute approximate surface area is 649 Å². The second kappa shape index (κ2) is 31.3. The molecule has 0 spiro atoms. The van der Waals surface area contributed by atoms with Crippen LogP contribution < -0.4 is 72.2 Å². The maximum atomic E-state index is 13.3. The standard InChI is InChI=1S/C19H17ClF3N5O.C19H19ClN6O2.C19H17ClN6O.C18H17Cl2N5O/c1-9(26-16-12(19(21,22)23)8-25-18(24)27-16)14-7-10-3-2-4-13(20)15(10)17(29)28(14)11-5-6-11;1-9(24-17-12(16(21)27)8-23-19(22)25-17)14-7-10-3-2-4-13(20)15(10)18(28)26(14)11-5-6-11;1-10(24-17-12(8-21)9-23-19(22)25-17)15-7-11-3-2-4-14(20)16(11)18(27)26(15)13-5-6-13;1-9(22-15-8-14(21)23-18(20)24-15)13-7-10-3-2-4-12(19)16(10)17(26)25(13)11-5-6-11/h2-4,7-9,11H,5-6H2,1H3,(H3,24,25,26,27);2-4,7-9,11H,5-6H2,1H3,(H2,21,27)(H3,22,23,24,25);2-4,7,9-10,13H,5-6H2,1H3,(H3,22,23,24,25);2-4,7-9,11H,5-6H2,1H3,(H3,21,22,23,24)/t2*9-;10-;9-/m0000/s1. The molecule has 4 aliphatic rings. The smallest absolute Gasteiger partial charge is 0.383 e. The van der Waals surface area contributed by atoms with Crippen molar-refractivity contribution in [3.63, 3.8) is 0 Å². The van der Waals surface area contributed by atoms with Gasteiger partial charge >= 0.3 is 6.18 Å². The maximum Gasteiger partial charge on any atom is 0.421 e. The molecule has 4 aromatic carbocycles. The molecule has 14 N–H and O–H groups in total. The Hall–Kier alpha value is -11.4. The molecule has 0 saturated heterocycles. The number of pyridine rings is 4. The number of nitrogens with two attached hydrogens (primary N) is 5. The van der Waals surface area contributed by atoms with Gasteiger partial charge < -0.3 is 68.2 Å². The third-order valence-corrected chi connectivity index (χ3v) is 20.3. The van der Waals surface area contributed by atoms with Crippen molar-refractivity contribution in [1.82, 2.24) is 58.1 Å². The van der Waals surface area contributed by atoms with Gasteiger partial charge in [-0.05, 0) is 161 Å². The second-order valence-corrected chi connectivity index (χ2v) is 29.0. The molecule has 110 heavy (non-hydrogen) atoms. The number of hydrogen-bond donors (Lipinski definition) is 9. The highest BCUT2D eigenvalue weighted by molar-refractivity contribution is 6.36. The summed E-state index contributed by atoms with van der Waals surface area (Å²) in [5, 5.41) is 28.4. The lowest BCUT2D eigenvalue weighted by Crippen LogP contribution is -2.27. The molecule has 35 heteroatoms. The van der Waals surface area contributed by atoms with Crippen molar-refractivity contribution in [2.24, 2.45) is 5.73 Å². The lowest BCUT2D eigenvalue weighted by molar-refractivity contribution is -0.137. The van der Waals surface area contributed by atoms with Crippen LogP contribution in [-0.4, -0.2) is 64.0 Å². The summed E-state index contributed by atoms with van der Waals surface area (Å²) in [6.07, 6.45) is 6.06. The van der Waals surface area contributed by atoms with Crippen LogP contribution >= 0.6 is 58.0 Å². The molecule has 4 aliphatic carbocycles. The summed E-state index contributed by atoms with van der Waals surface area (Å²) in [7, 11) is 0. The van der Waals surface area contributed by atoms with E-state index in [4.69, 9.17) is 86.7 Å². The molecule has 27 nitrogen and oxygen atoms in total. The van der Waals surface area contributed by atoms with Crippen molar-refractivity contribution in [3.8, 4) is 6.07 Å². The summed E-state index contributed by atoms with van der Waals surface area (Å²) >= 11 is 31.0. The second-order valence-electron chi connectivity index (χ2n) is 27.1. The first-order valence-electron chi connectivity index (χ1n) is 34.8. The maximum absolute atomic E-state index is 13.3. The number of fused-ring (bicyclic) bond motifs is 4. The Morgan fingerprint density at radius 2 is 0.800 bits per heavy atom. The molecule has 16 rings (SSSR count). The Morgan fingerprint density at radius 3 is 1.15 bits per heavy atom. The number of rotatable bonds is 17. The number of amides is 1. The molecule has 8 heterocycles. The van der Waals surface area contributed by atoms with Crippen LogP contribution in [0.1, 0.15) is 172 Å². The number of nitrogen functional groups attached to an aromatic ring is 4. The molecule has 4 atom stereocenters. The lowest BCUT2D eigenvalue weighted by atomic mass is 10.1. The van der Waals surface area contributed by atoms with E-state index in [2.05, 4.69) is 61.1 Å². The van der Waals surface area contributed by atoms with Gasteiger partial charge in [0.15, 0.2) is 0 Å². The number of nitriles is 1. The highest BCUT2D eigenvalue weighted by Crippen LogP contribution is 2.43. The Bertz CT molecular complexity index is 5940. The molecule has 4 saturated carbocycles. The number of anilines is 8. The largest absolute Gasteiger partial charge is 0.421 e. The Morgan fingerprint density at radius 1 is 0.473 bits per heavy atom. The molecule has 0 aliphatic heterocycles. The van der Waals surface area contributed by atoms with E-state index in [0.29, 0.717) is 76.1 Å². The molecule has 4 fully saturated rings. The van der Waals surface area contributed by atoms with Gasteiger partial charge in [0.1, 0.15) is 46.3 Å². The fraction of sp³-hybridized carbons (Fsp3) is 0.280. The molecule has 0 unspecified atom stereocenters. The van der Waals surface area contributed by atoms with Crippen LogP contribution in [0.25, 0.3) is 43.1 Å². The summed E-state index contributed by atoms with van der Waals surface area (Å²) in [5.41, 5.74) is 29.9. The van der Waals surface area contributed by atoms with Crippen LogP contribution in [0.5, 0.6) is 0 Å². The topological polar surface area (TPSA) is 410 Å². The minimum atomic E-state index is -4.65.